The first-order chi connectivity index (χ1) is 14.2. The van der Waals surface area contributed by atoms with Crippen LogP contribution in [-0.2, 0) is 22.6 Å². The van der Waals surface area contributed by atoms with E-state index in [-0.39, 0.29) is 11.8 Å². The Balaban J connectivity index is 1.45. The van der Waals surface area contributed by atoms with E-state index in [0.29, 0.717) is 38.3 Å². The number of carbonyl (C=O) groups excluding carboxylic acids is 2. The summed E-state index contributed by atoms with van der Waals surface area (Å²) in [7, 11) is 0. The predicted molar refractivity (Wildman–Crippen MR) is 112 cm³/mol. The smallest absolute Gasteiger partial charge is 0.253 e. The third-order valence-corrected chi connectivity index (χ3v) is 5.59. The zero-order valence-corrected chi connectivity index (χ0v) is 16.6. The van der Waals surface area contributed by atoms with Crippen molar-refractivity contribution in [1.82, 2.24) is 10.2 Å². The van der Waals surface area contributed by atoms with Crippen molar-refractivity contribution < 1.29 is 14.3 Å². The molecule has 2 heterocycles. The van der Waals surface area contributed by atoms with Gasteiger partial charge in [-0.1, -0.05) is 36.4 Å². The summed E-state index contributed by atoms with van der Waals surface area (Å²) in [6.07, 6.45) is 1.56. The molecule has 0 unspecified atom stereocenters. The SMILES string of the molecule is O=C(NCc1ccccc1CN1CCCC1=O)c1ccccc1N1CCOCC1. The number of hydrogen-bond donors (Lipinski definition) is 1. The molecule has 0 spiro atoms. The number of likely N-dealkylation sites (tertiary alicyclic amines) is 1. The Kier molecular flexibility index (Phi) is 6.10. The largest absolute Gasteiger partial charge is 0.378 e. The Hall–Kier alpha value is -2.86. The van der Waals surface area contributed by atoms with Crippen molar-refractivity contribution in [2.75, 3.05) is 37.7 Å². The molecule has 2 fully saturated rings. The molecule has 29 heavy (non-hydrogen) atoms. The number of carbonyl (C=O) groups is 2. The van der Waals surface area contributed by atoms with Crippen LogP contribution >= 0.6 is 0 Å². The van der Waals surface area contributed by atoms with Gasteiger partial charge < -0.3 is 19.9 Å². The van der Waals surface area contributed by atoms with E-state index in [4.69, 9.17) is 4.74 Å². The summed E-state index contributed by atoms with van der Waals surface area (Å²) < 4.78 is 5.43. The number of amides is 2. The van der Waals surface area contributed by atoms with Crippen LogP contribution in [0.5, 0.6) is 0 Å². The molecule has 0 saturated carbocycles. The Morgan fingerprint density at radius 1 is 0.966 bits per heavy atom. The quantitative estimate of drug-likeness (QED) is 0.820. The van der Waals surface area contributed by atoms with Crippen molar-refractivity contribution in [1.29, 1.82) is 0 Å². The summed E-state index contributed by atoms with van der Waals surface area (Å²) in [6.45, 7) is 4.79. The van der Waals surface area contributed by atoms with Crippen molar-refractivity contribution in [2.45, 2.75) is 25.9 Å². The predicted octanol–water partition coefficient (Wildman–Crippen LogP) is 2.58. The van der Waals surface area contributed by atoms with Gasteiger partial charge in [-0.15, -0.1) is 0 Å². The van der Waals surface area contributed by atoms with Gasteiger partial charge >= 0.3 is 0 Å². The lowest BCUT2D eigenvalue weighted by atomic mass is 10.1. The molecule has 6 nitrogen and oxygen atoms in total. The third kappa shape index (κ3) is 4.59. The van der Waals surface area contributed by atoms with Gasteiger partial charge in [0.25, 0.3) is 5.91 Å². The van der Waals surface area contributed by atoms with Crippen LogP contribution in [-0.4, -0.2) is 49.6 Å². The van der Waals surface area contributed by atoms with Gasteiger partial charge in [-0.25, -0.2) is 0 Å². The van der Waals surface area contributed by atoms with Crippen molar-refractivity contribution in [3.8, 4) is 0 Å². The minimum Gasteiger partial charge on any atom is -0.378 e. The average molecular weight is 393 g/mol. The lowest BCUT2D eigenvalue weighted by Gasteiger charge is -2.30. The maximum Gasteiger partial charge on any atom is 0.253 e. The van der Waals surface area contributed by atoms with Gasteiger partial charge in [-0.2, -0.15) is 0 Å². The van der Waals surface area contributed by atoms with E-state index in [2.05, 4.69) is 10.2 Å². The van der Waals surface area contributed by atoms with E-state index in [1.807, 2.05) is 53.4 Å². The molecule has 0 atom stereocenters. The van der Waals surface area contributed by atoms with Gasteiger partial charge in [-0.3, -0.25) is 9.59 Å². The van der Waals surface area contributed by atoms with Gasteiger partial charge in [0.05, 0.1) is 18.8 Å². The van der Waals surface area contributed by atoms with E-state index < -0.39 is 0 Å². The highest BCUT2D eigenvalue weighted by Gasteiger charge is 2.21. The first-order valence-electron chi connectivity index (χ1n) is 10.3. The van der Waals surface area contributed by atoms with Gasteiger partial charge in [0.1, 0.15) is 0 Å². The molecule has 0 aromatic heterocycles. The Bertz CT molecular complexity index is 877. The maximum atomic E-state index is 13.0. The number of rotatable bonds is 6. The number of nitrogens with zero attached hydrogens (tertiary/aromatic N) is 2. The van der Waals surface area contributed by atoms with Gasteiger partial charge in [0.2, 0.25) is 5.91 Å². The van der Waals surface area contributed by atoms with Crippen molar-refractivity contribution in [3.05, 3.63) is 65.2 Å². The molecule has 2 saturated heterocycles. The topological polar surface area (TPSA) is 61.9 Å². The highest BCUT2D eigenvalue weighted by Crippen LogP contribution is 2.22. The number of anilines is 1. The van der Waals surface area contributed by atoms with Gasteiger partial charge in [-0.05, 0) is 29.7 Å². The van der Waals surface area contributed by atoms with E-state index in [0.717, 1.165) is 42.9 Å². The maximum absolute atomic E-state index is 13.0. The summed E-state index contributed by atoms with van der Waals surface area (Å²) in [5, 5.41) is 3.07. The summed E-state index contributed by atoms with van der Waals surface area (Å²) in [5.74, 6) is 0.127. The minimum atomic E-state index is -0.0841. The fourth-order valence-corrected chi connectivity index (χ4v) is 3.98. The third-order valence-electron chi connectivity index (χ3n) is 5.59. The molecule has 0 aliphatic carbocycles. The summed E-state index contributed by atoms with van der Waals surface area (Å²) in [5.41, 5.74) is 3.76. The van der Waals surface area contributed by atoms with Crippen LogP contribution in [0.25, 0.3) is 0 Å². The Morgan fingerprint density at radius 3 is 2.45 bits per heavy atom. The fraction of sp³-hybridized carbons (Fsp3) is 0.391. The number of morpholine rings is 1. The number of para-hydroxylation sites is 1. The molecule has 152 valence electrons. The van der Waals surface area contributed by atoms with E-state index in [9.17, 15) is 9.59 Å². The van der Waals surface area contributed by atoms with E-state index in [1.54, 1.807) is 0 Å². The number of ether oxygens (including phenoxy) is 1. The molecule has 4 rings (SSSR count). The molecule has 2 aliphatic heterocycles. The summed E-state index contributed by atoms with van der Waals surface area (Å²) >= 11 is 0. The fourth-order valence-electron chi connectivity index (χ4n) is 3.98. The Labute approximate surface area is 171 Å². The molecular weight excluding hydrogens is 366 g/mol. The molecule has 0 radical (unpaired) electrons. The second-order valence-corrected chi connectivity index (χ2v) is 7.49. The molecule has 1 N–H and O–H groups in total. The van der Waals surface area contributed by atoms with Gasteiger partial charge in [0.15, 0.2) is 0 Å². The second kappa shape index (κ2) is 9.09. The van der Waals surface area contributed by atoms with Crippen LogP contribution in [0.15, 0.2) is 48.5 Å². The molecule has 6 heteroatoms. The monoisotopic (exact) mass is 393 g/mol. The van der Waals surface area contributed by atoms with E-state index >= 15 is 0 Å². The number of nitrogens with one attached hydrogen (secondary N) is 1. The zero-order chi connectivity index (χ0) is 20.1. The van der Waals surface area contributed by atoms with Crippen molar-refractivity contribution in [3.63, 3.8) is 0 Å². The van der Waals surface area contributed by atoms with Crippen LogP contribution in [0.2, 0.25) is 0 Å². The lowest BCUT2D eigenvalue weighted by Crippen LogP contribution is -2.37. The molecular formula is C23H27N3O3. The summed E-state index contributed by atoms with van der Waals surface area (Å²) in [4.78, 5) is 29.0. The lowest BCUT2D eigenvalue weighted by molar-refractivity contribution is -0.128. The van der Waals surface area contributed by atoms with Crippen LogP contribution in [0, 0.1) is 0 Å². The average Bonchev–Trinajstić information content (AvgIpc) is 3.18. The standard InChI is InChI=1S/C23H27N3O3/c27-22-10-5-11-26(22)17-19-7-2-1-6-18(19)16-24-23(28)20-8-3-4-9-21(20)25-12-14-29-15-13-25/h1-4,6-9H,5,10-17H2,(H,24,28). The van der Waals surface area contributed by atoms with Gasteiger partial charge in [0, 0.05) is 44.8 Å². The zero-order valence-electron chi connectivity index (χ0n) is 16.6. The normalized spacial score (nSPS) is 16.9. The highest BCUT2D eigenvalue weighted by atomic mass is 16.5. The van der Waals surface area contributed by atoms with Crippen molar-refractivity contribution in [2.24, 2.45) is 0 Å². The highest BCUT2D eigenvalue weighted by molar-refractivity contribution is 5.99. The van der Waals surface area contributed by atoms with Crippen LogP contribution in [0.4, 0.5) is 5.69 Å². The molecule has 2 amide bonds. The van der Waals surface area contributed by atoms with Crippen LogP contribution < -0.4 is 10.2 Å². The first-order valence-corrected chi connectivity index (χ1v) is 10.3. The molecule has 0 bridgehead atoms. The second-order valence-electron chi connectivity index (χ2n) is 7.49. The molecule has 2 aromatic rings. The number of hydrogen-bond acceptors (Lipinski definition) is 4. The first kappa shape index (κ1) is 19.5. The Morgan fingerprint density at radius 2 is 1.69 bits per heavy atom. The number of benzene rings is 2. The molecule has 2 aromatic carbocycles. The van der Waals surface area contributed by atoms with E-state index in [1.165, 1.54) is 0 Å². The van der Waals surface area contributed by atoms with Crippen molar-refractivity contribution >= 4 is 17.5 Å². The minimum absolute atomic E-state index is 0.0841. The summed E-state index contributed by atoms with van der Waals surface area (Å²) in [6, 6.07) is 15.7. The van der Waals surface area contributed by atoms with Crippen LogP contribution in [0.3, 0.4) is 0 Å². The van der Waals surface area contributed by atoms with Crippen LogP contribution in [0.1, 0.15) is 34.3 Å². The molecule has 2 aliphatic rings.